The van der Waals surface area contributed by atoms with Gasteiger partial charge in [-0.25, -0.2) is 4.68 Å². The van der Waals surface area contributed by atoms with E-state index in [-0.39, 0.29) is 17.4 Å². The molecule has 0 aliphatic heterocycles. The van der Waals surface area contributed by atoms with Gasteiger partial charge in [-0.15, -0.1) is 5.10 Å². The molecular formula is C19H18F2N4O2. The third-order valence-electron chi connectivity index (χ3n) is 3.93. The van der Waals surface area contributed by atoms with Crippen molar-refractivity contribution in [1.82, 2.24) is 15.0 Å². The summed E-state index contributed by atoms with van der Waals surface area (Å²) in [6, 6.07) is 13.4. The molecule has 140 valence electrons. The van der Waals surface area contributed by atoms with Crippen molar-refractivity contribution in [3.05, 3.63) is 65.5 Å². The molecule has 0 spiro atoms. The van der Waals surface area contributed by atoms with E-state index in [1.165, 1.54) is 16.8 Å². The van der Waals surface area contributed by atoms with E-state index in [9.17, 15) is 13.6 Å². The Morgan fingerprint density at radius 1 is 1.15 bits per heavy atom. The predicted molar refractivity (Wildman–Crippen MR) is 96.5 cm³/mol. The topological polar surface area (TPSA) is 69.0 Å². The first-order valence-corrected chi connectivity index (χ1v) is 8.35. The summed E-state index contributed by atoms with van der Waals surface area (Å²) in [5.74, 6) is -0.316. The van der Waals surface area contributed by atoms with Crippen molar-refractivity contribution < 1.29 is 18.3 Å². The average Bonchev–Trinajstić information content (AvgIpc) is 3.08. The van der Waals surface area contributed by atoms with Gasteiger partial charge in [0.2, 0.25) is 0 Å². The lowest BCUT2D eigenvalue weighted by molar-refractivity contribution is -0.0498. The molecule has 0 saturated heterocycles. The Hall–Kier alpha value is -3.29. The van der Waals surface area contributed by atoms with Crippen LogP contribution < -0.4 is 10.1 Å². The lowest BCUT2D eigenvalue weighted by Gasteiger charge is -2.08. The van der Waals surface area contributed by atoms with Crippen molar-refractivity contribution in [2.45, 2.75) is 26.9 Å². The molecule has 1 N–H and O–H groups in total. The fourth-order valence-electron chi connectivity index (χ4n) is 2.60. The normalized spacial score (nSPS) is 10.9. The van der Waals surface area contributed by atoms with Crippen LogP contribution >= 0.6 is 0 Å². The van der Waals surface area contributed by atoms with E-state index in [1.807, 2.05) is 38.1 Å². The molecule has 0 saturated carbocycles. The first kappa shape index (κ1) is 18.5. The number of carbonyl (C=O) groups excluding carboxylic acids is 1. The molecule has 0 aliphatic carbocycles. The highest BCUT2D eigenvalue weighted by Gasteiger charge is 2.19. The van der Waals surface area contributed by atoms with Crippen LogP contribution in [0.2, 0.25) is 0 Å². The minimum atomic E-state index is -2.88. The van der Waals surface area contributed by atoms with Crippen LogP contribution in [0.15, 0.2) is 48.5 Å². The first-order chi connectivity index (χ1) is 13.0. The number of amides is 1. The summed E-state index contributed by atoms with van der Waals surface area (Å²) in [5.41, 5.74) is 3.17. The van der Waals surface area contributed by atoms with Crippen LogP contribution in [0.25, 0.3) is 5.69 Å². The number of rotatable bonds is 6. The van der Waals surface area contributed by atoms with Gasteiger partial charge in [0.25, 0.3) is 5.91 Å². The highest BCUT2D eigenvalue weighted by molar-refractivity contribution is 6.03. The minimum absolute atomic E-state index is 0.0456. The molecule has 1 heterocycles. The van der Waals surface area contributed by atoms with Gasteiger partial charge in [0.05, 0.1) is 11.4 Å². The van der Waals surface area contributed by atoms with Gasteiger partial charge in [-0.3, -0.25) is 4.79 Å². The number of aryl methyl sites for hydroxylation is 1. The highest BCUT2D eigenvalue weighted by Crippen LogP contribution is 2.20. The van der Waals surface area contributed by atoms with Gasteiger partial charge in [-0.1, -0.05) is 29.8 Å². The van der Waals surface area contributed by atoms with Crippen molar-refractivity contribution in [1.29, 1.82) is 0 Å². The number of benzene rings is 2. The molecule has 1 amide bonds. The summed E-state index contributed by atoms with van der Waals surface area (Å²) in [7, 11) is 0. The van der Waals surface area contributed by atoms with E-state index >= 15 is 0 Å². The summed E-state index contributed by atoms with van der Waals surface area (Å²) in [4.78, 5) is 12.6. The molecule has 3 aromatic rings. The van der Waals surface area contributed by atoms with Crippen LogP contribution in [0.1, 0.15) is 28.7 Å². The van der Waals surface area contributed by atoms with Crippen molar-refractivity contribution in [2.24, 2.45) is 0 Å². The second-order valence-electron chi connectivity index (χ2n) is 5.84. The molecule has 8 heteroatoms. The highest BCUT2D eigenvalue weighted by atomic mass is 19.3. The maximum atomic E-state index is 12.6. The van der Waals surface area contributed by atoms with Gasteiger partial charge in [-0.2, -0.15) is 8.78 Å². The molecule has 0 atom stereocenters. The number of nitrogens with one attached hydrogen (secondary N) is 1. The standard InChI is InChI=1S/C19H18F2N4O2/c1-3-16-17(18(26)22-13-6-4-12(2)5-7-13)23-24-25(16)14-8-10-15(11-9-14)27-19(20)21/h4-11,19H,3H2,1-2H3,(H,22,26). The zero-order valence-electron chi connectivity index (χ0n) is 14.8. The first-order valence-electron chi connectivity index (χ1n) is 8.35. The summed E-state index contributed by atoms with van der Waals surface area (Å²) >= 11 is 0. The number of ether oxygens (including phenoxy) is 1. The van der Waals surface area contributed by atoms with Gasteiger partial charge in [-0.05, 0) is 49.7 Å². The number of anilines is 1. The number of carbonyl (C=O) groups is 1. The average molecular weight is 372 g/mol. The van der Waals surface area contributed by atoms with Crippen molar-refractivity contribution in [2.75, 3.05) is 5.32 Å². The zero-order chi connectivity index (χ0) is 19.4. The van der Waals surface area contributed by atoms with E-state index < -0.39 is 6.61 Å². The number of halogens is 2. The Balaban J connectivity index is 1.83. The van der Waals surface area contributed by atoms with E-state index in [0.29, 0.717) is 23.5 Å². The Morgan fingerprint density at radius 2 is 1.81 bits per heavy atom. The van der Waals surface area contributed by atoms with Crippen molar-refractivity contribution in [3.63, 3.8) is 0 Å². The smallest absolute Gasteiger partial charge is 0.387 e. The van der Waals surface area contributed by atoms with Gasteiger partial charge in [0.1, 0.15) is 5.75 Å². The molecular weight excluding hydrogens is 354 g/mol. The second kappa shape index (κ2) is 7.94. The largest absolute Gasteiger partial charge is 0.435 e. The van der Waals surface area contributed by atoms with Crippen LogP contribution in [0.3, 0.4) is 0 Å². The van der Waals surface area contributed by atoms with E-state index in [0.717, 1.165) is 5.56 Å². The number of alkyl halides is 2. The van der Waals surface area contributed by atoms with Gasteiger partial charge in [0.15, 0.2) is 5.69 Å². The van der Waals surface area contributed by atoms with Crippen LogP contribution in [0.4, 0.5) is 14.5 Å². The predicted octanol–water partition coefficient (Wildman–Crippen LogP) is 3.99. The molecule has 0 aliphatic rings. The van der Waals surface area contributed by atoms with E-state index in [1.54, 1.807) is 12.1 Å². The van der Waals surface area contributed by atoms with Gasteiger partial charge >= 0.3 is 6.61 Å². The molecule has 0 fully saturated rings. The van der Waals surface area contributed by atoms with Gasteiger partial charge < -0.3 is 10.1 Å². The van der Waals surface area contributed by atoms with Crippen LogP contribution in [-0.4, -0.2) is 27.5 Å². The summed E-state index contributed by atoms with van der Waals surface area (Å²) in [5, 5.41) is 10.8. The summed E-state index contributed by atoms with van der Waals surface area (Å²) < 4.78 is 30.4. The number of hydrogen-bond acceptors (Lipinski definition) is 4. The van der Waals surface area contributed by atoms with E-state index in [2.05, 4.69) is 20.4 Å². The lowest BCUT2D eigenvalue weighted by atomic mass is 10.2. The summed E-state index contributed by atoms with van der Waals surface area (Å²) in [6.07, 6.45) is 0.513. The van der Waals surface area contributed by atoms with Crippen LogP contribution in [0.5, 0.6) is 5.75 Å². The Labute approximate surface area is 154 Å². The molecule has 3 rings (SSSR count). The van der Waals surface area contributed by atoms with E-state index in [4.69, 9.17) is 0 Å². The number of hydrogen-bond donors (Lipinski definition) is 1. The summed E-state index contributed by atoms with van der Waals surface area (Å²) in [6.45, 7) is 0.960. The molecule has 2 aromatic carbocycles. The molecule has 0 bridgehead atoms. The lowest BCUT2D eigenvalue weighted by Crippen LogP contribution is -2.15. The Morgan fingerprint density at radius 3 is 2.41 bits per heavy atom. The quantitative estimate of drug-likeness (QED) is 0.710. The second-order valence-corrected chi connectivity index (χ2v) is 5.84. The van der Waals surface area contributed by atoms with Gasteiger partial charge in [0, 0.05) is 5.69 Å². The molecule has 0 unspecified atom stereocenters. The van der Waals surface area contributed by atoms with Crippen molar-refractivity contribution >= 4 is 11.6 Å². The molecule has 1 aromatic heterocycles. The fraction of sp³-hybridized carbons (Fsp3) is 0.211. The maximum absolute atomic E-state index is 12.6. The molecule has 6 nitrogen and oxygen atoms in total. The fourth-order valence-corrected chi connectivity index (χ4v) is 2.60. The van der Waals surface area contributed by atoms with Crippen molar-refractivity contribution in [3.8, 4) is 11.4 Å². The maximum Gasteiger partial charge on any atom is 0.387 e. The Kier molecular flexibility index (Phi) is 5.44. The molecule has 0 radical (unpaired) electrons. The SMILES string of the molecule is CCc1c(C(=O)Nc2ccc(C)cc2)nnn1-c1ccc(OC(F)F)cc1. The third-order valence-corrected chi connectivity index (χ3v) is 3.93. The third kappa shape index (κ3) is 4.28. The molecule has 27 heavy (non-hydrogen) atoms. The zero-order valence-corrected chi connectivity index (χ0v) is 14.8. The van der Waals surface area contributed by atoms with Crippen LogP contribution in [0, 0.1) is 6.92 Å². The number of aromatic nitrogens is 3. The minimum Gasteiger partial charge on any atom is -0.435 e. The van der Waals surface area contributed by atoms with Crippen LogP contribution in [-0.2, 0) is 6.42 Å². The monoisotopic (exact) mass is 372 g/mol. The number of nitrogens with zero attached hydrogens (tertiary/aromatic N) is 3. The Bertz CT molecular complexity index is 922.